The Morgan fingerprint density at radius 1 is 0.939 bits per heavy atom. The maximum atomic E-state index is 14.6. The van der Waals surface area contributed by atoms with Crippen molar-refractivity contribution in [1.82, 2.24) is 15.1 Å². The van der Waals surface area contributed by atoms with E-state index in [-0.39, 0.29) is 42.8 Å². The number of aryl methyl sites for hydroxylation is 2. The van der Waals surface area contributed by atoms with Crippen molar-refractivity contribution in [3.05, 3.63) is 99.6 Å². The molecule has 3 aromatic rings. The first kappa shape index (κ1) is 34.5. The van der Waals surface area contributed by atoms with E-state index in [9.17, 15) is 14.4 Å². The Labute approximate surface area is 293 Å². The van der Waals surface area contributed by atoms with E-state index < -0.39 is 5.91 Å². The number of hydrogen-bond acceptors (Lipinski definition) is 6. The summed E-state index contributed by atoms with van der Waals surface area (Å²) in [4.78, 5) is 43.0. The molecule has 1 aliphatic carbocycles. The lowest BCUT2D eigenvalue weighted by atomic mass is 9.82. The predicted octanol–water partition coefficient (Wildman–Crippen LogP) is 5.59. The molecule has 2 bridgehead atoms. The van der Waals surface area contributed by atoms with Crippen molar-refractivity contribution in [3.8, 4) is 11.5 Å². The van der Waals surface area contributed by atoms with E-state index in [1.165, 1.54) is 0 Å². The molecule has 49 heavy (non-hydrogen) atoms. The van der Waals surface area contributed by atoms with Gasteiger partial charge in [0.1, 0.15) is 24.7 Å². The molecule has 3 N–H and O–H groups in total. The van der Waals surface area contributed by atoms with Gasteiger partial charge in [0, 0.05) is 50.1 Å². The van der Waals surface area contributed by atoms with E-state index >= 15 is 0 Å². The Hall–Kier alpha value is -4.34. The molecule has 258 valence electrons. The molecule has 1 saturated carbocycles. The number of nitrogens with one attached hydrogen (secondary N) is 1. The van der Waals surface area contributed by atoms with Gasteiger partial charge in [-0.1, -0.05) is 54.1 Å². The first-order chi connectivity index (χ1) is 23.7. The summed E-state index contributed by atoms with van der Waals surface area (Å²) in [7, 11) is 0. The van der Waals surface area contributed by atoms with Gasteiger partial charge in [-0.3, -0.25) is 14.4 Å². The first-order valence-electron chi connectivity index (χ1n) is 17.2. The molecule has 2 aliphatic heterocycles. The average Bonchev–Trinajstić information content (AvgIpc) is 3.93. The summed E-state index contributed by atoms with van der Waals surface area (Å²) >= 11 is 6.36. The van der Waals surface area contributed by atoms with E-state index in [2.05, 4.69) is 17.4 Å². The molecule has 0 spiro atoms. The van der Waals surface area contributed by atoms with Crippen LogP contribution in [0.15, 0.2) is 72.3 Å². The molecule has 0 radical (unpaired) electrons. The Balaban J connectivity index is 1.21. The van der Waals surface area contributed by atoms with Gasteiger partial charge in [0.15, 0.2) is 0 Å². The molecule has 9 nitrogen and oxygen atoms in total. The highest BCUT2D eigenvalue weighted by atomic mass is 35.5. The van der Waals surface area contributed by atoms with Crippen LogP contribution in [0, 0.1) is 13.8 Å². The zero-order valence-electron chi connectivity index (χ0n) is 28.3. The third-order valence-corrected chi connectivity index (χ3v) is 9.90. The zero-order valence-corrected chi connectivity index (χ0v) is 29.0. The molecule has 2 unspecified atom stereocenters. The fraction of sp³-hybridized carbons (Fsp3) is 0.410. The standard InChI is InChI=1S/C39H45ClN4O5/c1-25-19-33(40)35(20-26(25)2)49-18-17-48-31-15-11-28(12-16-31)32-21-29-23-43(37(46)10-6-9-36(41)45)24-34(42-29)38(32)39(47)44(30-13-14-30)22-27-7-4-3-5-8-27/h3-5,7-8,11-12,15-16,19-20,29-30,34,42H,6,9-10,13-14,17-18,21-24H2,1-2H3,(H2,41,45). The van der Waals surface area contributed by atoms with Crippen molar-refractivity contribution in [2.45, 2.75) is 77.0 Å². The fourth-order valence-corrected chi connectivity index (χ4v) is 7.03. The number of carbonyl (C=O) groups excluding carboxylic acids is 3. The van der Waals surface area contributed by atoms with Crippen LogP contribution in [0.3, 0.4) is 0 Å². The van der Waals surface area contributed by atoms with Crippen LogP contribution in [0.4, 0.5) is 0 Å². The molecule has 6 rings (SSSR count). The maximum absolute atomic E-state index is 14.6. The predicted molar refractivity (Wildman–Crippen MR) is 190 cm³/mol. The van der Waals surface area contributed by atoms with E-state index in [1.807, 2.05) is 78.2 Å². The monoisotopic (exact) mass is 684 g/mol. The van der Waals surface area contributed by atoms with Gasteiger partial charge in [-0.15, -0.1) is 0 Å². The Bertz CT molecular complexity index is 1710. The number of benzene rings is 3. The topological polar surface area (TPSA) is 114 Å². The lowest BCUT2D eigenvalue weighted by Crippen LogP contribution is -2.62. The normalized spacial score (nSPS) is 18.6. The number of fused-ring (bicyclic) bond motifs is 2. The number of rotatable bonds is 14. The summed E-state index contributed by atoms with van der Waals surface area (Å²) in [6, 6.07) is 21.7. The number of hydrogen-bond donors (Lipinski definition) is 2. The number of piperazine rings is 1. The van der Waals surface area contributed by atoms with Gasteiger partial charge in [0.2, 0.25) is 11.8 Å². The number of carbonyl (C=O) groups is 3. The zero-order chi connectivity index (χ0) is 34.5. The lowest BCUT2D eigenvalue weighted by Gasteiger charge is -2.45. The van der Waals surface area contributed by atoms with Crippen LogP contribution in [-0.4, -0.2) is 72.0 Å². The van der Waals surface area contributed by atoms with Crippen molar-refractivity contribution >= 4 is 34.9 Å². The highest BCUT2D eigenvalue weighted by molar-refractivity contribution is 6.32. The molecule has 3 aromatic carbocycles. The summed E-state index contributed by atoms with van der Waals surface area (Å²) in [5.74, 6) is 0.945. The third-order valence-electron chi connectivity index (χ3n) is 9.61. The Morgan fingerprint density at radius 3 is 2.37 bits per heavy atom. The van der Waals surface area contributed by atoms with E-state index in [0.717, 1.165) is 46.2 Å². The minimum Gasteiger partial charge on any atom is -0.490 e. The summed E-state index contributed by atoms with van der Waals surface area (Å²) < 4.78 is 11.9. The average molecular weight is 685 g/mol. The SMILES string of the molecule is Cc1cc(Cl)c(OCCOc2ccc(C3=C(C(=O)N(Cc4ccccc4)C4CC4)C4CN(C(=O)CCCC(N)=O)CC(C3)N4)cc2)cc1C. The van der Waals surface area contributed by atoms with Crippen LogP contribution < -0.4 is 20.5 Å². The minimum absolute atomic E-state index is 0.000742. The van der Waals surface area contributed by atoms with Gasteiger partial charge >= 0.3 is 0 Å². The molecular formula is C39H45ClN4O5. The van der Waals surface area contributed by atoms with E-state index in [1.54, 1.807) is 0 Å². The van der Waals surface area contributed by atoms with Crippen molar-refractivity contribution < 1.29 is 23.9 Å². The summed E-state index contributed by atoms with van der Waals surface area (Å²) in [6.45, 7) is 6.21. The van der Waals surface area contributed by atoms with E-state index in [0.29, 0.717) is 62.2 Å². The minimum atomic E-state index is -0.406. The van der Waals surface area contributed by atoms with Crippen LogP contribution in [0.2, 0.25) is 5.02 Å². The lowest BCUT2D eigenvalue weighted by molar-refractivity contribution is -0.134. The Kier molecular flexibility index (Phi) is 10.9. The van der Waals surface area contributed by atoms with Gasteiger partial charge in [0.25, 0.3) is 5.91 Å². The van der Waals surface area contributed by atoms with Crippen LogP contribution in [-0.2, 0) is 20.9 Å². The molecule has 1 saturated heterocycles. The van der Waals surface area contributed by atoms with Crippen LogP contribution in [0.25, 0.3) is 5.57 Å². The van der Waals surface area contributed by atoms with Gasteiger partial charge < -0.3 is 30.3 Å². The van der Waals surface area contributed by atoms with Gasteiger partial charge in [-0.2, -0.15) is 0 Å². The number of halogens is 1. The number of nitrogens with two attached hydrogens (primary N) is 1. The highest BCUT2D eigenvalue weighted by Crippen LogP contribution is 2.38. The molecule has 2 atom stereocenters. The number of ether oxygens (including phenoxy) is 2. The van der Waals surface area contributed by atoms with Crippen molar-refractivity contribution in [3.63, 3.8) is 0 Å². The highest BCUT2D eigenvalue weighted by Gasteiger charge is 2.43. The first-order valence-corrected chi connectivity index (χ1v) is 17.6. The largest absolute Gasteiger partial charge is 0.490 e. The molecular weight excluding hydrogens is 640 g/mol. The van der Waals surface area contributed by atoms with Gasteiger partial charge in [-0.25, -0.2) is 0 Å². The molecule has 2 fully saturated rings. The van der Waals surface area contributed by atoms with Crippen LogP contribution >= 0.6 is 11.6 Å². The van der Waals surface area contributed by atoms with E-state index in [4.69, 9.17) is 26.8 Å². The Morgan fingerprint density at radius 2 is 1.65 bits per heavy atom. The third kappa shape index (κ3) is 8.64. The maximum Gasteiger partial charge on any atom is 0.252 e. The molecule has 3 aliphatic rings. The number of primary amides is 1. The smallest absolute Gasteiger partial charge is 0.252 e. The van der Waals surface area contributed by atoms with Crippen molar-refractivity contribution in [2.24, 2.45) is 5.73 Å². The summed E-state index contributed by atoms with van der Waals surface area (Å²) in [5, 5.41) is 4.25. The number of nitrogens with zero attached hydrogens (tertiary/aromatic N) is 2. The molecule has 3 amide bonds. The van der Waals surface area contributed by atoms with Gasteiger partial charge in [-0.05, 0) is 91.6 Å². The quantitative estimate of drug-likeness (QED) is 0.214. The number of amides is 3. The second kappa shape index (κ2) is 15.5. The van der Waals surface area contributed by atoms with Crippen LogP contribution in [0.5, 0.6) is 11.5 Å². The van der Waals surface area contributed by atoms with Crippen molar-refractivity contribution in [1.29, 1.82) is 0 Å². The molecule has 2 heterocycles. The second-order valence-corrected chi connectivity index (χ2v) is 13.8. The second-order valence-electron chi connectivity index (χ2n) is 13.4. The summed E-state index contributed by atoms with van der Waals surface area (Å²) in [6.07, 6.45) is 3.44. The fourth-order valence-electron chi connectivity index (χ4n) is 6.76. The summed E-state index contributed by atoms with van der Waals surface area (Å²) in [5.41, 5.74) is 11.3. The van der Waals surface area contributed by atoms with Gasteiger partial charge in [0.05, 0.1) is 11.1 Å². The molecule has 0 aromatic heterocycles. The van der Waals surface area contributed by atoms with Crippen LogP contribution in [0.1, 0.15) is 60.8 Å². The van der Waals surface area contributed by atoms with Crippen molar-refractivity contribution in [2.75, 3.05) is 26.3 Å². The molecule has 10 heteroatoms.